The van der Waals surface area contributed by atoms with Gasteiger partial charge in [-0.25, -0.2) is 9.37 Å². The Labute approximate surface area is 156 Å². The lowest BCUT2D eigenvalue weighted by Crippen LogP contribution is -2.17. The summed E-state index contributed by atoms with van der Waals surface area (Å²) in [4.78, 5) is 7.95. The minimum absolute atomic E-state index is 0.0170. The molecule has 3 rings (SSSR count). The maximum atomic E-state index is 13.9. The Morgan fingerprint density at radius 3 is 1.89 bits per heavy atom. The molecule has 0 amide bonds. The van der Waals surface area contributed by atoms with Gasteiger partial charge in [-0.15, -0.1) is 0 Å². The van der Waals surface area contributed by atoms with Crippen molar-refractivity contribution in [3.63, 3.8) is 0 Å². The Kier molecular flexibility index (Phi) is 6.30. The lowest BCUT2D eigenvalue weighted by atomic mass is 10.1. The van der Waals surface area contributed by atoms with Gasteiger partial charge >= 0.3 is 0 Å². The van der Waals surface area contributed by atoms with Crippen LogP contribution in [0.15, 0.2) is 66.9 Å². The molecule has 2 atom stereocenters. The summed E-state index contributed by atoms with van der Waals surface area (Å²) >= 11 is 0. The number of rotatable bonds is 8. The van der Waals surface area contributed by atoms with Crippen molar-refractivity contribution >= 4 is 11.8 Å². The Balaban J connectivity index is 1.59. The SMILES string of the molecule is OC(CNc1ncc(F)c(NCC(O)c2ccccc2)n1)c1ccccc1. The van der Waals surface area contributed by atoms with Crippen LogP contribution in [0.2, 0.25) is 0 Å². The zero-order valence-corrected chi connectivity index (χ0v) is 14.6. The molecule has 0 saturated carbocycles. The third kappa shape index (κ3) is 5.22. The largest absolute Gasteiger partial charge is 0.387 e. The fourth-order valence-corrected chi connectivity index (χ4v) is 2.54. The highest BCUT2D eigenvalue weighted by Gasteiger charge is 2.12. The zero-order chi connectivity index (χ0) is 19.1. The quantitative estimate of drug-likeness (QED) is 0.489. The van der Waals surface area contributed by atoms with E-state index in [1.807, 2.05) is 48.5 Å². The number of hydrogen-bond acceptors (Lipinski definition) is 6. The standard InChI is InChI=1S/C20H21FN4O2/c21-16-11-23-20(24-13-18(27)15-9-5-2-6-10-15)25-19(16)22-12-17(26)14-7-3-1-4-8-14/h1-11,17-18,26-27H,12-13H2,(H2,22,23,24,25). The molecule has 0 saturated heterocycles. The fraction of sp³-hybridized carbons (Fsp3) is 0.200. The minimum Gasteiger partial charge on any atom is -0.387 e. The van der Waals surface area contributed by atoms with Crippen molar-refractivity contribution in [2.24, 2.45) is 0 Å². The van der Waals surface area contributed by atoms with E-state index < -0.39 is 18.0 Å². The van der Waals surface area contributed by atoms with Crippen LogP contribution in [0, 0.1) is 5.82 Å². The van der Waals surface area contributed by atoms with Crippen molar-refractivity contribution in [3.05, 3.63) is 83.8 Å². The van der Waals surface area contributed by atoms with Gasteiger partial charge in [0, 0.05) is 13.1 Å². The van der Waals surface area contributed by atoms with Gasteiger partial charge in [0.15, 0.2) is 11.6 Å². The van der Waals surface area contributed by atoms with Gasteiger partial charge in [-0.2, -0.15) is 4.98 Å². The second kappa shape index (κ2) is 9.07. The number of aromatic nitrogens is 2. The average Bonchev–Trinajstić information content (AvgIpc) is 2.73. The third-order valence-corrected chi connectivity index (χ3v) is 4.03. The van der Waals surface area contributed by atoms with Gasteiger partial charge in [0.05, 0.1) is 18.4 Å². The number of hydrogen-bond donors (Lipinski definition) is 4. The number of nitrogens with one attached hydrogen (secondary N) is 2. The molecule has 140 valence electrons. The van der Waals surface area contributed by atoms with Crippen molar-refractivity contribution in [3.8, 4) is 0 Å². The van der Waals surface area contributed by atoms with Crippen LogP contribution >= 0.6 is 0 Å². The van der Waals surface area contributed by atoms with Crippen LogP contribution in [0.1, 0.15) is 23.3 Å². The van der Waals surface area contributed by atoms with E-state index in [0.29, 0.717) is 0 Å². The molecule has 0 aliphatic rings. The van der Waals surface area contributed by atoms with Crippen LogP contribution in [0.4, 0.5) is 16.2 Å². The number of anilines is 2. The summed E-state index contributed by atoms with van der Waals surface area (Å²) in [6.07, 6.45) is -0.491. The molecule has 27 heavy (non-hydrogen) atoms. The summed E-state index contributed by atoms with van der Waals surface area (Å²) in [6, 6.07) is 18.3. The summed E-state index contributed by atoms with van der Waals surface area (Å²) in [7, 11) is 0. The van der Waals surface area contributed by atoms with Crippen LogP contribution in [0.5, 0.6) is 0 Å². The number of benzene rings is 2. The van der Waals surface area contributed by atoms with Gasteiger partial charge < -0.3 is 20.8 Å². The molecule has 0 aliphatic heterocycles. The Hall–Kier alpha value is -3.03. The monoisotopic (exact) mass is 368 g/mol. The van der Waals surface area contributed by atoms with Crippen molar-refractivity contribution < 1.29 is 14.6 Å². The van der Waals surface area contributed by atoms with Crippen LogP contribution in [0.3, 0.4) is 0 Å². The number of nitrogens with zero attached hydrogens (tertiary/aromatic N) is 2. The van der Waals surface area contributed by atoms with Crippen molar-refractivity contribution in [2.45, 2.75) is 12.2 Å². The smallest absolute Gasteiger partial charge is 0.224 e. The lowest BCUT2D eigenvalue weighted by Gasteiger charge is -2.15. The summed E-state index contributed by atoms with van der Waals surface area (Å²) in [5.41, 5.74) is 1.49. The molecule has 2 aromatic carbocycles. The molecule has 6 nitrogen and oxygen atoms in total. The lowest BCUT2D eigenvalue weighted by molar-refractivity contribution is 0.191. The predicted molar refractivity (Wildman–Crippen MR) is 102 cm³/mol. The van der Waals surface area contributed by atoms with Gasteiger partial charge in [0.25, 0.3) is 0 Å². The molecule has 4 N–H and O–H groups in total. The molecule has 0 aliphatic carbocycles. The maximum Gasteiger partial charge on any atom is 0.224 e. The van der Waals surface area contributed by atoms with Crippen molar-refractivity contribution in [1.29, 1.82) is 0 Å². The summed E-state index contributed by atoms with van der Waals surface area (Å²) in [5.74, 6) is -0.454. The van der Waals surface area contributed by atoms with E-state index in [1.54, 1.807) is 12.1 Å². The second-order valence-electron chi connectivity index (χ2n) is 6.00. The first kappa shape index (κ1) is 18.8. The van der Waals surface area contributed by atoms with Crippen LogP contribution in [-0.2, 0) is 0 Å². The van der Waals surface area contributed by atoms with Crippen LogP contribution < -0.4 is 10.6 Å². The molecule has 3 aromatic rings. The summed E-state index contributed by atoms with van der Waals surface area (Å²) in [5, 5.41) is 26.0. The molecule has 1 aromatic heterocycles. The molecule has 0 spiro atoms. The van der Waals surface area contributed by atoms with Gasteiger partial charge in [-0.3, -0.25) is 0 Å². The Bertz CT molecular complexity index is 849. The zero-order valence-electron chi connectivity index (χ0n) is 14.6. The predicted octanol–water partition coefficient (Wildman–Crippen LogP) is 2.91. The van der Waals surface area contributed by atoms with E-state index in [0.717, 1.165) is 17.3 Å². The highest BCUT2D eigenvalue weighted by molar-refractivity contribution is 5.41. The topological polar surface area (TPSA) is 90.3 Å². The minimum atomic E-state index is -0.795. The van der Waals surface area contributed by atoms with Gasteiger partial charge in [0.2, 0.25) is 5.95 Å². The first-order valence-corrected chi connectivity index (χ1v) is 8.60. The summed E-state index contributed by atoms with van der Waals surface area (Å²) in [6.45, 7) is 0.283. The number of aliphatic hydroxyl groups is 2. The van der Waals surface area contributed by atoms with E-state index in [4.69, 9.17) is 0 Å². The fourth-order valence-electron chi connectivity index (χ4n) is 2.54. The maximum absolute atomic E-state index is 13.9. The second-order valence-corrected chi connectivity index (χ2v) is 6.00. The molecule has 0 radical (unpaired) electrons. The van der Waals surface area contributed by atoms with E-state index in [2.05, 4.69) is 20.6 Å². The normalized spacial score (nSPS) is 13.0. The van der Waals surface area contributed by atoms with Gasteiger partial charge in [-0.1, -0.05) is 60.7 Å². The molecular formula is C20H21FN4O2. The van der Waals surface area contributed by atoms with Crippen molar-refractivity contribution in [2.75, 3.05) is 23.7 Å². The Morgan fingerprint density at radius 1 is 0.815 bits per heavy atom. The highest BCUT2D eigenvalue weighted by atomic mass is 19.1. The molecule has 1 heterocycles. The first-order chi connectivity index (χ1) is 13.1. The van der Waals surface area contributed by atoms with E-state index in [-0.39, 0.29) is 24.9 Å². The summed E-state index contributed by atoms with van der Waals surface area (Å²) < 4.78 is 13.9. The van der Waals surface area contributed by atoms with E-state index in [9.17, 15) is 14.6 Å². The van der Waals surface area contributed by atoms with Gasteiger partial charge in [-0.05, 0) is 11.1 Å². The molecular weight excluding hydrogens is 347 g/mol. The van der Waals surface area contributed by atoms with Crippen LogP contribution in [0.25, 0.3) is 0 Å². The molecule has 0 fully saturated rings. The average molecular weight is 368 g/mol. The van der Waals surface area contributed by atoms with E-state index in [1.165, 1.54) is 0 Å². The third-order valence-electron chi connectivity index (χ3n) is 4.03. The highest BCUT2D eigenvalue weighted by Crippen LogP contribution is 2.17. The molecule has 7 heteroatoms. The van der Waals surface area contributed by atoms with Crippen LogP contribution in [-0.4, -0.2) is 33.3 Å². The van der Waals surface area contributed by atoms with Crippen molar-refractivity contribution in [1.82, 2.24) is 9.97 Å². The first-order valence-electron chi connectivity index (χ1n) is 8.60. The van der Waals surface area contributed by atoms with Gasteiger partial charge in [0.1, 0.15) is 0 Å². The molecule has 0 bridgehead atoms. The number of aliphatic hydroxyl groups excluding tert-OH is 2. The Morgan fingerprint density at radius 2 is 1.33 bits per heavy atom. The number of halogens is 1. The van der Waals surface area contributed by atoms with E-state index >= 15 is 0 Å². The molecule has 2 unspecified atom stereocenters.